The van der Waals surface area contributed by atoms with Crippen LogP contribution in [0.2, 0.25) is 0 Å². The van der Waals surface area contributed by atoms with Crippen molar-refractivity contribution in [2.45, 2.75) is 27.7 Å². The third-order valence-electron chi connectivity index (χ3n) is 4.50. The van der Waals surface area contributed by atoms with Gasteiger partial charge in [0.15, 0.2) is 6.61 Å². The Morgan fingerprint density at radius 1 is 1.08 bits per heavy atom. The fourth-order valence-corrected chi connectivity index (χ4v) is 2.87. The molecule has 1 aromatic heterocycles. The van der Waals surface area contributed by atoms with Gasteiger partial charge in [-0.25, -0.2) is 4.79 Å². The second-order valence-corrected chi connectivity index (χ2v) is 5.89. The monoisotopic (exact) mass is 329 g/mol. The summed E-state index contributed by atoms with van der Waals surface area (Å²) in [6.07, 6.45) is 0. The molecule has 5 nitrogen and oxygen atoms in total. The van der Waals surface area contributed by atoms with Crippen LogP contribution in [0, 0.1) is 27.7 Å². The van der Waals surface area contributed by atoms with Crippen LogP contribution in [0.3, 0.4) is 0 Å². The van der Waals surface area contributed by atoms with Crippen molar-refractivity contribution in [1.82, 2.24) is 4.57 Å². The van der Waals surface area contributed by atoms with E-state index in [1.165, 1.54) is 7.11 Å². The van der Waals surface area contributed by atoms with Crippen LogP contribution in [0.4, 0.5) is 0 Å². The van der Waals surface area contributed by atoms with E-state index in [0.29, 0.717) is 22.6 Å². The summed E-state index contributed by atoms with van der Waals surface area (Å²) >= 11 is 0. The number of aromatic nitrogens is 1. The molecule has 0 aliphatic carbocycles. The van der Waals surface area contributed by atoms with Crippen LogP contribution in [0.15, 0.2) is 18.2 Å². The van der Waals surface area contributed by atoms with Gasteiger partial charge in [-0.15, -0.1) is 0 Å². The second-order valence-electron chi connectivity index (χ2n) is 5.89. The summed E-state index contributed by atoms with van der Waals surface area (Å²) in [5.41, 5.74) is 4.38. The molecular weight excluding hydrogens is 306 g/mol. The van der Waals surface area contributed by atoms with Crippen molar-refractivity contribution >= 4 is 11.8 Å². The summed E-state index contributed by atoms with van der Waals surface area (Å²) in [4.78, 5) is 24.6. The molecule has 0 atom stereocenters. The minimum Gasteiger partial charge on any atom is -0.485 e. The van der Waals surface area contributed by atoms with Gasteiger partial charge in [0.2, 0.25) is 5.78 Å². The normalized spacial score (nSPS) is 10.6. The van der Waals surface area contributed by atoms with Gasteiger partial charge < -0.3 is 14.0 Å². The number of Topliss-reactive ketones (excluding diaryl/α,β-unsaturated/α-hetero) is 1. The minimum atomic E-state index is -0.451. The van der Waals surface area contributed by atoms with Gasteiger partial charge in [-0.2, -0.15) is 0 Å². The molecule has 0 aliphatic rings. The Bertz CT molecular complexity index is 802. The van der Waals surface area contributed by atoms with Crippen molar-refractivity contribution in [1.29, 1.82) is 0 Å². The number of rotatable bonds is 5. The van der Waals surface area contributed by atoms with Crippen molar-refractivity contribution in [3.8, 4) is 5.75 Å². The quantitative estimate of drug-likeness (QED) is 0.624. The molecule has 2 rings (SSSR count). The predicted molar refractivity (Wildman–Crippen MR) is 92.0 cm³/mol. The molecular formula is C19H23NO4. The van der Waals surface area contributed by atoms with E-state index >= 15 is 0 Å². The van der Waals surface area contributed by atoms with Gasteiger partial charge in [0, 0.05) is 18.3 Å². The topological polar surface area (TPSA) is 57.5 Å². The first kappa shape index (κ1) is 17.8. The van der Waals surface area contributed by atoms with Gasteiger partial charge in [0.05, 0.1) is 7.11 Å². The SMILES string of the molecule is COC(=O)c1c(C)c(C(=O)COc2cccc(C)c2C)c(C)n1C. The smallest absolute Gasteiger partial charge is 0.354 e. The lowest BCUT2D eigenvalue weighted by Crippen LogP contribution is -2.14. The zero-order chi connectivity index (χ0) is 18.0. The highest BCUT2D eigenvalue weighted by atomic mass is 16.5. The van der Waals surface area contributed by atoms with Crippen molar-refractivity contribution in [2.24, 2.45) is 7.05 Å². The molecule has 0 aliphatic heterocycles. The average molecular weight is 329 g/mol. The van der Waals surface area contributed by atoms with E-state index < -0.39 is 5.97 Å². The number of nitrogens with zero attached hydrogens (tertiary/aromatic N) is 1. The molecule has 0 bridgehead atoms. The number of ketones is 1. The van der Waals surface area contributed by atoms with E-state index in [1.54, 1.807) is 18.5 Å². The van der Waals surface area contributed by atoms with Gasteiger partial charge in [0.1, 0.15) is 11.4 Å². The van der Waals surface area contributed by atoms with Crippen LogP contribution < -0.4 is 4.74 Å². The van der Waals surface area contributed by atoms with Crippen molar-refractivity contribution < 1.29 is 19.1 Å². The Morgan fingerprint density at radius 2 is 1.75 bits per heavy atom. The highest BCUT2D eigenvalue weighted by Crippen LogP contribution is 2.24. The summed E-state index contributed by atoms with van der Waals surface area (Å²) in [5.74, 6) is 0.0898. The van der Waals surface area contributed by atoms with Crippen molar-refractivity contribution in [3.63, 3.8) is 0 Å². The zero-order valence-corrected chi connectivity index (χ0v) is 15.0. The van der Waals surface area contributed by atoms with E-state index in [1.807, 2.05) is 39.0 Å². The van der Waals surface area contributed by atoms with Gasteiger partial charge in [-0.05, 0) is 50.5 Å². The van der Waals surface area contributed by atoms with Gasteiger partial charge >= 0.3 is 5.97 Å². The molecule has 0 radical (unpaired) electrons. The van der Waals surface area contributed by atoms with Gasteiger partial charge in [-0.3, -0.25) is 4.79 Å². The summed E-state index contributed by atoms with van der Waals surface area (Å²) in [7, 11) is 3.08. The number of hydrogen-bond donors (Lipinski definition) is 0. The van der Waals surface area contributed by atoms with E-state index in [0.717, 1.165) is 16.8 Å². The molecule has 128 valence electrons. The van der Waals surface area contributed by atoms with Gasteiger partial charge in [0.25, 0.3) is 0 Å². The lowest BCUT2D eigenvalue weighted by Gasteiger charge is -2.10. The minimum absolute atomic E-state index is 0.0728. The first-order chi connectivity index (χ1) is 11.3. The van der Waals surface area contributed by atoms with E-state index in [2.05, 4.69) is 0 Å². The molecule has 1 aromatic carbocycles. The molecule has 24 heavy (non-hydrogen) atoms. The van der Waals surface area contributed by atoms with Crippen LogP contribution >= 0.6 is 0 Å². The molecule has 0 saturated carbocycles. The van der Waals surface area contributed by atoms with Crippen LogP contribution in [0.1, 0.15) is 43.2 Å². The van der Waals surface area contributed by atoms with Crippen LogP contribution in [0.5, 0.6) is 5.75 Å². The fraction of sp³-hybridized carbons (Fsp3) is 0.368. The lowest BCUT2D eigenvalue weighted by molar-refractivity contribution is 0.0588. The second kappa shape index (κ2) is 6.91. The van der Waals surface area contributed by atoms with E-state index in [-0.39, 0.29) is 12.4 Å². The van der Waals surface area contributed by atoms with E-state index in [9.17, 15) is 9.59 Å². The third-order valence-corrected chi connectivity index (χ3v) is 4.50. The highest BCUT2D eigenvalue weighted by molar-refractivity contribution is 6.03. The Morgan fingerprint density at radius 3 is 2.38 bits per heavy atom. The summed E-state index contributed by atoms with van der Waals surface area (Å²) in [6.45, 7) is 7.45. The zero-order valence-electron chi connectivity index (χ0n) is 15.0. The number of benzene rings is 1. The maximum absolute atomic E-state index is 12.6. The molecule has 0 amide bonds. The van der Waals surface area contributed by atoms with E-state index in [4.69, 9.17) is 9.47 Å². The standard InChI is InChI=1S/C19H23NO4/c1-11-8-7-9-16(12(11)2)24-10-15(21)17-13(3)18(19(22)23-6)20(5)14(17)4/h7-9H,10H2,1-6H3. The Hall–Kier alpha value is -2.56. The first-order valence-corrected chi connectivity index (χ1v) is 7.76. The molecule has 0 saturated heterocycles. The Kier molecular flexibility index (Phi) is 5.12. The van der Waals surface area contributed by atoms with Crippen LogP contribution in [0.25, 0.3) is 0 Å². The third kappa shape index (κ3) is 3.07. The number of carbonyl (C=O) groups excluding carboxylic acids is 2. The number of hydrogen-bond acceptors (Lipinski definition) is 4. The van der Waals surface area contributed by atoms with Crippen molar-refractivity contribution in [2.75, 3.05) is 13.7 Å². The summed E-state index contributed by atoms with van der Waals surface area (Å²) < 4.78 is 12.2. The number of ether oxygens (including phenoxy) is 2. The average Bonchev–Trinajstić information content (AvgIpc) is 2.77. The maximum atomic E-state index is 12.6. The largest absolute Gasteiger partial charge is 0.485 e. The summed E-state index contributed by atoms with van der Waals surface area (Å²) in [5, 5.41) is 0. The molecule has 0 unspecified atom stereocenters. The number of esters is 1. The first-order valence-electron chi connectivity index (χ1n) is 7.76. The van der Waals surface area contributed by atoms with Crippen LogP contribution in [-0.4, -0.2) is 30.0 Å². The number of carbonyl (C=O) groups is 2. The van der Waals surface area contributed by atoms with Gasteiger partial charge in [-0.1, -0.05) is 12.1 Å². The van der Waals surface area contributed by atoms with Crippen molar-refractivity contribution in [3.05, 3.63) is 51.8 Å². The summed E-state index contributed by atoms with van der Waals surface area (Å²) in [6, 6.07) is 5.74. The molecule has 1 heterocycles. The molecule has 0 N–H and O–H groups in total. The maximum Gasteiger partial charge on any atom is 0.354 e. The fourth-order valence-electron chi connectivity index (χ4n) is 2.87. The molecule has 2 aromatic rings. The molecule has 0 fully saturated rings. The highest BCUT2D eigenvalue weighted by Gasteiger charge is 2.25. The Labute approximate surface area is 142 Å². The Balaban J connectivity index is 2.28. The van der Waals surface area contributed by atoms with Crippen LogP contribution in [-0.2, 0) is 11.8 Å². The lowest BCUT2D eigenvalue weighted by atomic mass is 10.1. The number of aryl methyl sites for hydroxylation is 1. The predicted octanol–water partition coefficient (Wildman–Crippen LogP) is 3.31. The number of methoxy groups -OCH3 is 1. The molecule has 0 spiro atoms. The molecule has 5 heteroatoms.